The van der Waals surface area contributed by atoms with Crippen LogP contribution in [0.1, 0.15) is 57.8 Å². The van der Waals surface area contributed by atoms with Gasteiger partial charge in [0.15, 0.2) is 14.9 Å². The van der Waals surface area contributed by atoms with Gasteiger partial charge in [-0.3, -0.25) is 0 Å². The van der Waals surface area contributed by atoms with Crippen molar-refractivity contribution in [1.29, 1.82) is 0 Å². The Morgan fingerprint density at radius 3 is 2.32 bits per heavy atom. The predicted molar refractivity (Wildman–Crippen MR) is 120 cm³/mol. The predicted octanol–water partition coefficient (Wildman–Crippen LogP) is 3.13. The van der Waals surface area contributed by atoms with Gasteiger partial charge >= 0.3 is 0 Å². The molecule has 31 heavy (non-hydrogen) atoms. The second-order valence-corrected chi connectivity index (χ2v) is 12.3. The number of anilines is 1. The lowest BCUT2D eigenvalue weighted by atomic mass is 10.00. The van der Waals surface area contributed by atoms with E-state index in [9.17, 15) is 8.42 Å². The van der Waals surface area contributed by atoms with E-state index in [-0.39, 0.29) is 10.3 Å². The average Bonchev–Trinajstić information content (AvgIpc) is 3.33. The molecule has 2 saturated carbocycles. The van der Waals surface area contributed by atoms with Crippen molar-refractivity contribution in [2.45, 2.75) is 74.1 Å². The van der Waals surface area contributed by atoms with Crippen molar-refractivity contribution in [2.75, 3.05) is 38.2 Å². The summed E-state index contributed by atoms with van der Waals surface area (Å²) in [6.45, 7) is 5.52. The van der Waals surface area contributed by atoms with E-state index in [4.69, 9.17) is 4.74 Å². The quantitative estimate of drug-likeness (QED) is 0.716. The summed E-state index contributed by atoms with van der Waals surface area (Å²) in [5.74, 6) is 3.03. The first-order chi connectivity index (χ1) is 15.1. The highest BCUT2D eigenvalue weighted by Gasteiger charge is 2.41. The molecule has 2 aliphatic heterocycles. The topological polar surface area (TPSA) is 84.4 Å². The smallest absolute Gasteiger partial charge is 0.200 e. The first kappa shape index (κ1) is 21.6. The molecule has 1 aromatic heterocycles. The van der Waals surface area contributed by atoms with Gasteiger partial charge in [0.1, 0.15) is 5.82 Å². The average molecular weight is 449 g/mol. The van der Waals surface area contributed by atoms with Crippen LogP contribution in [0.25, 0.3) is 0 Å². The lowest BCUT2D eigenvalue weighted by Gasteiger charge is -2.27. The van der Waals surface area contributed by atoms with Crippen molar-refractivity contribution >= 4 is 15.7 Å². The fraction of sp³-hybridized carbons (Fsp3) is 0.826. The first-order valence-corrected chi connectivity index (χ1v) is 13.8. The maximum Gasteiger partial charge on any atom is 0.200 e. The Morgan fingerprint density at radius 1 is 0.968 bits per heavy atom. The van der Waals surface area contributed by atoms with E-state index in [1.165, 1.54) is 45.3 Å². The summed E-state index contributed by atoms with van der Waals surface area (Å²) in [5, 5.41) is 11.7. The molecule has 3 atom stereocenters. The molecule has 0 bridgehead atoms. The van der Waals surface area contributed by atoms with E-state index >= 15 is 0 Å². The Hall–Kier alpha value is -1.25. The molecule has 5 rings (SSSR count). The number of nitrogens with zero attached hydrogens (tertiary/aromatic N) is 3. The summed E-state index contributed by atoms with van der Waals surface area (Å²) in [7, 11) is -3.35. The number of likely N-dealkylation sites (tertiary alicyclic amines) is 1. The molecule has 2 saturated heterocycles. The first-order valence-electron chi connectivity index (χ1n) is 12.2. The number of aromatic nitrogens is 2. The zero-order valence-electron chi connectivity index (χ0n) is 18.4. The van der Waals surface area contributed by atoms with Crippen LogP contribution in [0.5, 0.6) is 0 Å². The highest BCUT2D eigenvalue weighted by atomic mass is 32.2. The minimum absolute atomic E-state index is 0.136. The molecule has 7 nitrogen and oxygen atoms in total. The third-order valence-electron chi connectivity index (χ3n) is 7.96. The molecule has 172 valence electrons. The molecular weight excluding hydrogens is 412 g/mol. The lowest BCUT2D eigenvalue weighted by Crippen LogP contribution is -2.32. The molecule has 0 amide bonds. The van der Waals surface area contributed by atoms with Crippen LogP contribution in [0.2, 0.25) is 0 Å². The van der Waals surface area contributed by atoms with Gasteiger partial charge in [0.25, 0.3) is 0 Å². The zero-order chi connectivity index (χ0) is 21.3. The highest BCUT2D eigenvalue weighted by Crippen LogP contribution is 2.39. The van der Waals surface area contributed by atoms with E-state index in [1.54, 1.807) is 12.1 Å². The van der Waals surface area contributed by atoms with Crippen LogP contribution >= 0.6 is 0 Å². The van der Waals surface area contributed by atoms with Crippen LogP contribution < -0.4 is 5.32 Å². The van der Waals surface area contributed by atoms with Crippen LogP contribution in [-0.4, -0.2) is 67.7 Å². The van der Waals surface area contributed by atoms with Gasteiger partial charge in [-0.2, -0.15) is 0 Å². The summed E-state index contributed by atoms with van der Waals surface area (Å²) in [5.41, 5.74) is 0. The number of fused-ring (bicyclic) bond motifs is 1. The van der Waals surface area contributed by atoms with Crippen molar-refractivity contribution in [1.82, 2.24) is 15.1 Å². The Balaban J connectivity index is 1.12. The van der Waals surface area contributed by atoms with Crippen molar-refractivity contribution in [3.05, 3.63) is 12.1 Å². The van der Waals surface area contributed by atoms with Crippen molar-refractivity contribution in [3.63, 3.8) is 0 Å². The number of rotatable bonds is 6. The van der Waals surface area contributed by atoms with E-state index in [2.05, 4.69) is 20.4 Å². The molecular formula is C23H36N4O3S. The van der Waals surface area contributed by atoms with Crippen LogP contribution in [0, 0.1) is 17.8 Å². The Labute approximate surface area is 186 Å². The molecule has 2 aliphatic carbocycles. The molecule has 8 heteroatoms. The van der Waals surface area contributed by atoms with Crippen molar-refractivity contribution in [3.8, 4) is 0 Å². The molecule has 0 spiro atoms. The third-order valence-corrected chi connectivity index (χ3v) is 10.1. The van der Waals surface area contributed by atoms with Crippen LogP contribution in [0.3, 0.4) is 0 Å². The van der Waals surface area contributed by atoms with Crippen LogP contribution in [0.15, 0.2) is 17.2 Å². The number of hydrogen-bond acceptors (Lipinski definition) is 7. The third kappa shape index (κ3) is 4.91. The van der Waals surface area contributed by atoms with Gasteiger partial charge in [-0.15, -0.1) is 10.2 Å². The van der Waals surface area contributed by atoms with E-state index in [1.807, 2.05) is 0 Å². The molecule has 1 aromatic rings. The Kier molecular flexibility index (Phi) is 6.49. The Morgan fingerprint density at radius 2 is 1.68 bits per heavy atom. The molecule has 3 heterocycles. The molecule has 0 unspecified atom stereocenters. The SMILES string of the molecule is O=S(=O)(c1ccc(N[C@H]2C[C@@H]3CN(CC4CCOCC4)C[C@@H]3C2)nn1)C1CCCCC1. The van der Waals surface area contributed by atoms with Crippen molar-refractivity contribution in [2.24, 2.45) is 17.8 Å². The summed E-state index contributed by atoms with van der Waals surface area (Å²) >= 11 is 0. The largest absolute Gasteiger partial charge is 0.381 e. The molecule has 4 aliphatic rings. The fourth-order valence-corrected chi connectivity index (χ4v) is 7.97. The van der Waals surface area contributed by atoms with Gasteiger partial charge in [-0.05, 0) is 68.4 Å². The minimum atomic E-state index is -3.35. The molecule has 1 N–H and O–H groups in total. The normalized spacial score (nSPS) is 31.0. The maximum absolute atomic E-state index is 12.8. The number of ether oxygens (including phenoxy) is 1. The standard InChI is InChI=1S/C23H36N4O3S/c28-31(29,21-4-2-1-3-5-21)23-7-6-22(25-26-23)24-20-12-18-15-27(16-19(18)13-20)14-17-8-10-30-11-9-17/h6-7,17-21H,1-5,8-16H2,(H,24,25)/t18-,19+,20+. The van der Waals surface area contributed by atoms with E-state index in [0.29, 0.717) is 11.9 Å². The van der Waals surface area contributed by atoms with Crippen LogP contribution in [-0.2, 0) is 14.6 Å². The van der Waals surface area contributed by atoms with Gasteiger partial charge in [0.05, 0.1) is 5.25 Å². The van der Waals surface area contributed by atoms with Crippen molar-refractivity contribution < 1.29 is 13.2 Å². The van der Waals surface area contributed by atoms with Gasteiger partial charge in [-0.1, -0.05) is 19.3 Å². The molecule has 0 radical (unpaired) electrons. The highest BCUT2D eigenvalue weighted by molar-refractivity contribution is 7.92. The van der Waals surface area contributed by atoms with Gasteiger partial charge in [-0.25, -0.2) is 8.42 Å². The van der Waals surface area contributed by atoms with Gasteiger partial charge < -0.3 is 15.0 Å². The number of sulfone groups is 1. The Bertz CT molecular complexity index is 821. The number of nitrogens with one attached hydrogen (secondary N) is 1. The maximum atomic E-state index is 12.8. The second-order valence-electron chi connectivity index (χ2n) is 10.2. The van der Waals surface area contributed by atoms with Crippen LogP contribution in [0.4, 0.5) is 5.82 Å². The molecule has 4 fully saturated rings. The second kappa shape index (κ2) is 9.32. The minimum Gasteiger partial charge on any atom is -0.381 e. The van der Waals surface area contributed by atoms with Gasteiger partial charge in [0, 0.05) is 38.9 Å². The summed E-state index contributed by atoms with van der Waals surface area (Å²) < 4.78 is 31.1. The molecule has 0 aromatic carbocycles. The monoisotopic (exact) mass is 448 g/mol. The zero-order valence-corrected chi connectivity index (χ0v) is 19.2. The van der Waals surface area contributed by atoms with Gasteiger partial charge in [0.2, 0.25) is 0 Å². The lowest BCUT2D eigenvalue weighted by molar-refractivity contribution is 0.0545. The van der Waals surface area contributed by atoms with E-state index in [0.717, 1.165) is 63.1 Å². The van der Waals surface area contributed by atoms with E-state index < -0.39 is 9.84 Å². The summed E-state index contributed by atoms with van der Waals surface area (Å²) in [6.07, 6.45) is 9.37. The number of hydrogen-bond donors (Lipinski definition) is 1. The summed E-state index contributed by atoms with van der Waals surface area (Å²) in [6, 6.07) is 3.86. The fourth-order valence-electron chi connectivity index (χ4n) is 6.26. The summed E-state index contributed by atoms with van der Waals surface area (Å²) in [4.78, 5) is 2.67.